The van der Waals surface area contributed by atoms with Gasteiger partial charge in [-0.05, 0) is 97.4 Å². The van der Waals surface area contributed by atoms with Gasteiger partial charge >= 0.3 is 0 Å². The zero-order valence-electron chi connectivity index (χ0n) is 25.7. The van der Waals surface area contributed by atoms with Gasteiger partial charge in [0.1, 0.15) is 11.3 Å². The molecule has 0 aliphatic rings. The van der Waals surface area contributed by atoms with Crippen LogP contribution in [-0.4, -0.2) is 14.5 Å². The van der Waals surface area contributed by atoms with Crippen LogP contribution >= 0.6 is 15.9 Å². The molecule has 0 unspecified atom stereocenters. The lowest BCUT2D eigenvalue weighted by Crippen LogP contribution is -2.12. The minimum Gasteiger partial charge on any atom is -0.354 e. The monoisotopic (exact) mass is 605 g/mol. The van der Waals surface area contributed by atoms with Crippen molar-refractivity contribution in [2.75, 3.05) is 0 Å². The summed E-state index contributed by atoms with van der Waals surface area (Å²) in [7, 11) is 0. The number of hydrogen-bond donors (Lipinski definition) is 1. The summed E-state index contributed by atoms with van der Waals surface area (Å²) in [4.78, 5) is 9.13. The first kappa shape index (κ1) is 27.8. The number of H-pyrrole nitrogens is 1. The molecule has 210 valence electrons. The maximum absolute atomic E-state index is 5.33. The van der Waals surface area contributed by atoms with Gasteiger partial charge in [-0.1, -0.05) is 86.6 Å². The van der Waals surface area contributed by atoms with Gasteiger partial charge in [0, 0.05) is 32.0 Å². The number of nitrogens with one attached hydrogen (secondary N) is 1. The number of nitrogens with zero attached hydrogens (tertiary/aromatic N) is 2. The molecule has 4 heteroatoms. The zero-order chi connectivity index (χ0) is 29.5. The van der Waals surface area contributed by atoms with Crippen molar-refractivity contribution in [1.82, 2.24) is 14.5 Å². The van der Waals surface area contributed by atoms with Crippen LogP contribution in [0.5, 0.6) is 0 Å². The number of benzene rings is 4. The first-order valence-electron chi connectivity index (χ1n) is 14.5. The van der Waals surface area contributed by atoms with E-state index in [1.807, 2.05) is 0 Å². The van der Waals surface area contributed by atoms with Crippen LogP contribution in [0.25, 0.3) is 49.9 Å². The average Bonchev–Trinajstić information content (AvgIpc) is 3.46. The van der Waals surface area contributed by atoms with Gasteiger partial charge in [-0.2, -0.15) is 0 Å². The van der Waals surface area contributed by atoms with E-state index in [1.54, 1.807) is 0 Å². The van der Waals surface area contributed by atoms with E-state index in [1.165, 1.54) is 27.5 Å². The van der Waals surface area contributed by atoms with Crippen LogP contribution in [0.1, 0.15) is 79.0 Å². The van der Waals surface area contributed by atoms with Crippen molar-refractivity contribution < 1.29 is 0 Å². The number of hydrogen-bond acceptors (Lipinski definition) is 1. The number of aromatic amines is 1. The summed E-state index contributed by atoms with van der Waals surface area (Å²) >= 11 is 3.79. The summed E-state index contributed by atoms with van der Waals surface area (Å²) in [5, 5.41) is 2.51. The van der Waals surface area contributed by atoms with Crippen LogP contribution in [0, 0.1) is 0 Å². The summed E-state index contributed by atoms with van der Waals surface area (Å²) in [6, 6.07) is 26.9. The third-order valence-corrected chi connectivity index (χ3v) is 8.95. The molecule has 2 aromatic heterocycles. The van der Waals surface area contributed by atoms with Crippen molar-refractivity contribution in [2.45, 2.75) is 78.6 Å². The number of rotatable bonds is 2. The van der Waals surface area contributed by atoms with E-state index in [4.69, 9.17) is 4.98 Å². The Balaban J connectivity index is 1.72. The molecule has 4 aromatic carbocycles. The standard InChI is InChI=1S/C37H40BrN3/c1-35(2,3)22-13-16-25(17-14-22)41-31-12-10-11-29(38)33(31)40-34(41)28-21-24(37(7,8)9)20-27-26-19-23(36(4,5)6)15-18-30(26)39-32(27)28/h10-21,39H,1-9H3. The van der Waals surface area contributed by atoms with E-state index in [0.29, 0.717) is 0 Å². The third-order valence-electron chi connectivity index (χ3n) is 8.31. The molecule has 0 saturated carbocycles. The number of halogens is 1. The average molecular weight is 607 g/mol. The van der Waals surface area contributed by atoms with Crippen molar-refractivity contribution in [3.8, 4) is 17.1 Å². The molecule has 0 aliphatic heterocycles. The Labute approximate surface area is 252 Å². The first-order valence-corrected chi connectivity index (χ1v) is 15.3. The van der Waals surface area contributed by atoms with E-state index in [2.05, 4.69) is 161 Å². The molecule has 1 N–H and O–H groups in total. The highest BCUT2D eigenvalue weighted by molar-refractivity contribution is 9.10. The fourth-order valence-electron chi connectivity index (χ4n) is 5.69. The number of para-hydroxylation sites is 1. The number of aromatic nitrogens is 3. The summed E-state index contributed by atoms with van der Waals surface area (Å²) in [5.74, 6) is 0.939. The molecular formula is C37H40BrN3. The lowest BCUT2D eigenvalue weighted by molar-refractivity contribution is 0.590. The summed E-state index contributed by atoms with van der Waals surface area (Å²) in [5.41, 5.74) is 10.6. The highest BCUT2D eigenvalue weighted by Crippen LogP contribution is 2.41. The van der Waals surface area contributed by atoms with Gasteiger partial charge in [0.05, 0.1) is 11.0 Å². The Kier molecular flexibility index (Phi) is 6.32. The molecule has 0 saturated heterocycles. The minimum atomic E-state index is -0.0278. The van der Waals surface area contributed by atoms with Gasteiger partial charge in [0.15, 0.2) is 0 Å². The van der Waals surface area contributed by atoms with Gasteiger partial charge in [-0.15, -0.1) is 0 Å². The van der Waals surface area contributed by atoms with Gasteiger partial charge < -0.3 is 4.98 Å². The smallest absolute Gasteiger partial charge is 0.147 e. The highest BCUT2D eigenvalue weighted by atomic mass is 79.9. The second-order valence-electron chi connectivity index (χ2n) is 14.5. The Hall–Kier alpha value is -3.37. The van der Waals surface area contributed by atoms with Crippen LogP contribution in [0.2, 0.25) is 0 Å². The number of fused-ring (bicyclic) bond motifs is 4. The topological polar surface area (TPSA) is 33.6 Å². The molecule has 0 spiro atoms. The van der Waals surface area contributed by atoms with Crippen molar-refractivity contribution in [3.63, 3.8) is 0 Å². The van der Waals surface area contributed by atoms with Crippen LogP contribution in [0.4, 0.5) is 0 Å². The Bertz CT molecular complexity index is 1930. The fourth-order valence-corrected chi connectivity index (χ4v) is 6.14. The van der Waals surface area contributed by atoms with E-state index in [-0.39, 0.29) is 16.2 Å². The molecular weight excluding hydrogens is 566 g/mol. The molecule has 0 bridgehead atoms. The normalized spacial score (nSPS) is 13.1. The Morgan fingerprint density at radius 1 is 0.659 bits per heavy atom. The maximum Gasteiger partial charge on any atom is 0.147 e. The van der Waals surface area contributed by atoms with E-state index in [0.717, 1.165) is 43.6 Å². The molecule has 0 fully saturated rings. The van der Waals surface area contributed by atoms with Crippen molar-refractivity contribution in [2.24, 2.45) is 0 Å². The lowest BCUT2D eigenvalue weighted by atomic mass is 9.84. The van der Waals surface area contributed by atoms with E-state index < -0.39 is 0 Å². The van der Waals surface area contributed by atoms with Gasteiger partial charge in [-0.3, -0.25) is 4.57 Å². The number of imidazole rings is 1. The molecule has 0 amide bonds. The van der Waals surface area contributed by atoms with Crippen LogP contribution in [-0.2, 0) is 16.2 Å². The van der Waals surface area contributed by atoms with Gasteiger partial charge in [0.2, 0.25) is 0 Å². The van der Waals surface area contributed by atoms with Gasteiger partial charge in [0.25, 0.3) is 0 Å². The maximum atomic E-state index is 5.33. The summed E-state index contributed by atoms with van der Waals surface area (Å²) in [6.07, 6.45) is 0. The van der Waals surface area contributed by atoms with E-state index in [9.17, 15) is 0 Å². The Morgan fingerprint density at radius 2 is 1.27 bits per heavy atom. The van der Waals surface area contributed by atoms with Crippen molar-refractivity contribution >= 4 is 48.8 Å². The second-order valence-corrected chi connectivity index (χ2v) is 15.4. The van der Waals surface area contributed by atoms with Crippen LogP contribution in [0.15, 0.2) is 77.3 Å². The summed E-state index contributed by atoms with van der Waals surface area (Å²) < 4.78 is 3.32. The first-order chi connectivity index (χ1) is 19.1. The molecule has 3 nitrogen and oxygen atoms in total. The molecule has 0 atom stereocenters. The van der Waals surface area contributed by atoms with Gasteiger partial charge in [-0.25, -0.2) is 4.98 Å². The fraction of sp³-hybridized carbons (Fsp3) is 0.324. The second kappa shape index (κ2) is 9.32. The van der Waals surface area contributed by atoms with Crippen molar-refractivity contribution in [3.05, 3.63) is 94.0 Å². The SMILES string of the molecule is CC(C)(C)c1ccc(-n2c(-c3cc(C(C)(C)C)cc4c3[nH]c3ccc(C(C)(C)C)cc34)nc3c(Br)cccc32)cc1. The van der Waals surface area contributed by atoms with Crippen LogP contribution in [0.3, 0.4) is 0 Å². The van der Waals surface area contributed by atoms with Crippen LogP contribution < -0.4 is 0 Å². The lowest BCUT2D eigenvalue weighted by Gasteiger charge is -2.22. The molecule has 6 aromatic rings. The highest BCUT2D eigenvalue weighted by Gasteiger charge is 2.25. The third kappa shape index (κ3) is 4.80. The molecule has 0 radical (unpaired) electrons. The molecule has 6 rings (SSSR count). The molecule has 0 aliphatic carbocycles. The predicted molar refractivity (Wildman–Crippen MR) is 180 cm³/mol. The predicted octanol–water partition coefficient (Wildman–Crippen LogP) is 11.0. The van der Waals surface area contributed by atoms with E-state index >= 15 is 0 Å². The zero-order valence-corrected chi connectivity index (χ0v) is 27.3. The molecule has 41 heavy (non-hydrogen) atoms. The largest absolute Gasteiger partial charge is 0.354 e. The summed E-state index contributed by atoms with van der Waals surface area (Å²) in [6.45, 7) is 20.5. The molecule has 2 heterocycles. The quantitative estimate of drug-likeness (QED) is 0.209. The minimum absolute atomic E-state index is 0.0278. The Morgan fingerprint density at radius 3 is 1.90 bits per heavy atom. The van der Waals surface area contributed by atoms with Crippen molar-refractivity contribution in [1.29, 1.82) is 0 Å².